The smallest absolute Gasteiger partial charge is 0.319 e. The molecule has 7 nitrogen and oxygen atoms in total. The topological polar surface area (TPSA) is 96.3 Å². The van der Waals surface area contributed by atoms with E-state index in [0.29, 0.717) is 34.8 Å². The Morgan fingerprint density at radius 3 is 2.43 bits per heavy atom. The highest BCUT2D eigenvalue weighted by atomic mass is 16.3. The van der Waals surface area contributed by atoms with E-state index in [1.807, 2.05) is 20.8 Å². The summed E-state index contributed by atoms with van der Waals surface area (Å²) in [6.07, 6.45) is 0. The molecular formula is C21H24N4O3. The maximum absolute atomic E-state index is 12.2. The van der Waals surface area contributed by atoms with Crippen LogP contribution in [0.25, 0.3) is 11.1 Å². The number of hydrogen-bond donors (Lipinski definition) is 3. The lowest BCUT2D eigenvalue weighted by Crippen LogP contribution is -2.28. The molecule has 0 saturated carbocycles. The first-order valence-corrected chi connectivity index (χ1v) is 9.03. The number of fused-ring (bicyclic) bond motifs is 1. The molecule has 1 aromatic heterocycles. The van der Waals surface area contributed by atoms with Crippen LogP contribution in [0.1, 0.15) is 42.6 Å². The second kappa shape index (κ2) is 7.72. The van der Waals surface area contributed by atoms with Gasteiger partial charge in [0.15, 0.2) is 5.58 Å². The highest BCUT2D eigenvalue weighted by Crippen LogP contribution is 2.27. The number of anilines is 1. The number of aromatic nitrogens is 1. The molecule has 1 heterocycles. The Hall–Kier alpha value is -3.35. The number of benzene rings is 2. The highest BCUT2D eigenvalue weighted by Gasteiger charge is 2.21. The van der Waals surface area contributed by atoms with Gasteiger partial charge < -0.3 is 20.4 Å². The van der Waals surface area contributed by atoms with Crippen molar-refractivity contribution in [3.05, 3.63) is 59.5 Å². The number of hydrogen-bond acceptors (Lipinski definition) is 4. The molecule has 7 heteroatoms. The lowest BCUT2D eigenvalue weighted by Gasteiger charge is -2.11. The van der Waals surface area contributed by atoms with Crippen LogP contribution in [-0.2, 0) is 12.0 Å². The van der Waals surface area contributed by atoms with Crippen LogP contribution < -0.4 is 16.0 Å². The summed E-state index contributed by atoms with van der Waals surface area (Å²) in [7, 11) is 1.59. The summed E-state index contributed by atoms with van der Waals surface area (Å²) < 4.78 is 5.76. The Kier molecular flexibility index (Phi) is 5.35. The van der Waals surface area contributed by atoms with Crippen molar-refractivity contribution in [3.63, 3.8) is 0 Å². The number of urea groups is 1. The van der Waals surface area contributed by atoms with Crippen LogP contribution in [0.4, 0.5) is 10.5 Å². The molecule has 2 aromatic carbocycles. The van der Waals surface area contributed by atoms with E-state index in [1.54, 1.807) is 49.5 Å². The SMILES string of the molecule is CNC(=O)c1ccc(CNC(=O)Nc2ccc3oc(C(C)(C)C)nc3c2)cc1. The lowest BCUT2D eigenvalue weighted by molar-refractivity contribution is 0.0963. The van der Waals surface area contributed by atoms with Crippen molar-refractivity contribution >= 4 is 28.7 Å². The number of amides is 3. The molecule has 3 amide bonds. The van der Waals surface area contributed by atoms with Crippen LogP contribution >= 0.6 is 0 Å². The first-order valence-electron chi connectivity index (χ1n) is 9.03. The van der Waals surface area contributed by atoms with E-state index < -0.39 is 0 Å². The molecule has 0 spiro atoms. The molecule has 146 valence electrons. The molecule has 0 radical (unpaired) electrons. The summed E-state index contributed by atoms with van der Waals surface area (Å²) in [5, 5.41) is 8.16. The van der Waals surface area contributed by atoms with Gasteiger partial charge in [-0.15, -0.1) is 0 Å². The fraction of sp³-hybridized carbons (Fsp3) is 0.286. The van der Waals surface area contributed by atoms with E-state index in [2.05, 4.69) is 20.9 Å². The third-order valence-corrected chi connectivity index (χ3v) is 4.18. The van der Waals surface area contributed by atoms with Crippen LogP contribution in [0.3, 0.4) is 0 Å². The van der Waals surface area contributed by atoms with Gasteiger partial charge in [0, 0.05) is 30.3 Å². The Balaban J connectivity index is 1.60. The van der Waals surface area contributed by atoms with Crippen molar-refractivity contribution in [3.8, 4) is 0 Å². The summed E-state index contributed by atoms with van der Waals surface area (Å²) in [5.74, 6) is 0.513. The maximum Gasteiger partial charge on any atom is 0.319 e. The predicted molar refractivity (Wildman–Crippen MR) is 108 cm³/mol. The molecule has 0 atom stereocenters. The van der Waals surface area contributed by atoms with Crippen molar-refractivity contribution in [1.29, 1.82) is 0 Å². The second-order valence-corrected chi connectivity index (χ2v) is 7.54. The Morgan fingerprint density at radius 2 is 1.79 bits per heavy atom. The average Bonchev–Trinajstić information content (AvgIpc) is 3.10. The zero-order chi connectivity index (χ0) is 20.3. The normalized spacial score (nSPS) is 11.3. The van der Waals surface area contributed by atoms with Gasteiger partial charge in [0.25, 0.3) is 5.91 Å². The van der Waals surface area contributed by atoms with Crippen LogP contribution in [0, 0.1) is 0 Å². The third-order valence-electron chi connectivity index (χ3n) is 4.18. The van der Waals surface area contributed by atoms with Crippen LogP contribution in [0.5, 0.6) is 0 Å². The molecule has 28 heavy (non-hydrogen) atoms. The van der Waals surface area contributed by atoms with Crippen LogP contribution in [-0.4, -0.2) is 24.0 Å². The number of carbonyl (C=O) groups excluding carboxylic acids is 2. The fourth-order valence-corrected chi connectivity index (χ4v) is 2.60. The average molecular weight is 380 g/mol. The molecule has 0 aliphatic rings. The molecule has 0 aliphatic carbocycles. The lowest BCUT2D eigenvalue weighted by atomic mass is 9.97. The first-order chi connectivity index (χ1) is 13.3. The summed E-state index contributed by atoms with van der Waals surface area (Å²) in [6, 6.07) is 12.1. The monoisotopic (exact) mass is 380 g/mol. The largest absolute Gasteiger partial charge is 0.440 e. The minimum Gasteiger partial charge on any atom is -0.440 e. The number of carbonyl (C=O) groups is 2. The highest BCUT2D eigenvalue weighted by molar-refractivity contribution is 5.94. The number of rotatable bonds is 4. The van der Waals surface area contributed by atoms with Crippen molar-refractivity contribution < 1.29 is 14.0 Å². The van der Waals surface area contributed by atoms with E-state index in [9.17, 15) is 9.59 Å². The van der Waals surface area contributed by atoms with E-state index in [1.165, 1.54) is 0 Å². The van der Waals surface area contributed by atoms with Crippen molar-refractivity contribution in [2.24, 2.45) is 0 Å². The Morgan fingerprint density at radius 1 is 1.07 bits per heavy atom. The van der Waals surface area contributed by atoms with Crippen LogP contribution in [0.2, 0.25) is 0 Å². The van der Waals surface area contributed by atoms with Gasteiger partial charge in [-0.2, -0.15) is 0 Å². The van der Waals surface area contributed by atoms with Gasteiger partial charge in [-0.05, 0) is 35.9 Å². The molecule has 0 bridgehead atoms. The van der Waals surface area contributed by atoms with Gasteiger partial charge in [0.05, 0.1) is 0 Å². The number of nitrogens with zero attached hydrogens (tertiary/aromatic N) is 1. The minimum absolute atomic E-state index is 0.143. The molecule has 0 fully saturated rings. The quantitative estimate of drug-likeness (QED) is 0.641. The van der Waals surface area contributed by atoms with Crippen molar-refractivity contribution in [2.75, 3.05) is 12.4 Å². The van der Waals surface area contributed by atoms with Crippen molar-refractivity contribution in [1.82, 2.24) is 15.6 Å². The van der Waals surface area contributed by atoms with Gasteiger partial charge in [0.1, 0.15) is 5.52 Å². The van der Waals surface area contributed by atoms with Crippen molar-refractivity contribution in [2.45, 2.75) is 32.7 Å². The Bertz CT molecular complexity index is 1000. The zero-order valence-electron chi connectivity index (χ0n) is 16.4. The van der Waals surface area contributed by atoms with Gasteiger partial charge in [0.2, 0.25) is 5.89 Å². The molecule has 3 rings (SSSR count). The van der Waals surface area contributed by atoms with Gasteiger partial charge in [-0.1, -0.05) is 32.9 Å². The van der Waals surface area contributed by atoms with Gasteiger partial charge >= 0.3 is 6.03 Å². The van der Waals surface area contributed by atoms with Crippen LogP contribution in [0.15, 0.2) is 46.9 Å². The van der Waals surface area contributed by atoms with Gasteiger partial charge in [-0.3, -0.25) is 4.79 Å². The minimum atomic E-state index is -0.325. The zero-order valence-corrected chi connectivity index (χ0v) is 16.4. The van der Waals surface area contributed by atoms with E-state index >= 15 is 0 Å². The molecule has 0 saturated heterocycles. The molecule has 0 unspecified atom stereocenters. The predicted octanol–water partition coefficient (Wildman–Crippen LogP) is 3.81. The standard InChI is InChI=1S/C21H24N4O3/c1-21(2,3)19-25-16-11-15(9-10-17(16)28-19)24-20(27)23-12-13-5-7-14(8-6-13)18(26)22-4/h5-11H,12H2,1-4H3,(H,22,26)(H2,23,24,27). The Labute approximate surface area is 163 Å². The summed E-state index contributed by atoms with van der Waals surface area (Å²) in [5.41, 5.74) is 3.31. The fourth-order valence-electron chi connectivity index (χ4n) is 2.60. The number of nitrogens with one attached hydrogen (secondary N) is 3. The molecule has 3 aromatic rings. The van der Waals surface area contributed by atoms with E-state index in [0.717, 1.165) is 5.56 Å². The van der Waals surface area contributed by atoms with E-state index in [4.69, 9.17) is 4.42 Å². The third kappa shape index (κ3) is 4.49. The molecule has 0 aliphatic heterocycles. The molecular weight excluding hydrogens is 356 g/mol. The summed E-state index contributed by atoms with van der Waals surface area (Å²) >= 11 is 0. The maximum atomic E-state index is 12.2. The first kappa shape index (κ1) is 19.4. The van der Waals surface area contributed by atoms with E-state index in [-0.39, 0.29) is 17.4 Å². The van der Waals surface area contributed by atoms with Gasteiger partial charge in [-0.25, -0.2) is 9.78 Å². The molecule has 3 N–H and O–H groups in total. The summed E-state index contributed by atoms with van der Waals surface area (Å²) in [4.78, 5) is 28.2. The second-order valence-electron chi connectivity index (χ2n) is 7.54. The summed E-state index contributed by atoms with van der Waals surface area (Å²) in [6.45, 7) is 6.45. The number of oxazole rings is 1.